The molecule has 2 heterocycles. The maximum Gasteiger partial charge on any atom is 0.239 e. The first-order chi connectivity index (χ1) is 11.2. The Balaban J connectivity index is 2.05. The molecule has 0 spiro atoms. The Morgan fingerprint density at radius 3 is 2.79 bits per heavy atom. The third kappa shape index (κ3) is 4.57. The van der Waals surface area contributed by atoms with Gasteiger partial charge in [0.15, 0.2) is 0 Å². The van der Waals surface area contributed by atoms with Crippen molar-refractivity contribution in [1.29, 1.82) is 0 Å². The number of aromatic nitrogens is 2. The first-order valence-corrected chi connectivity index (χ1v) is 9.01. The van der Waals surface area contributed by atoms with Gasteiger partial charge in [-0.2, -0.15) is 5.10 Å². The topological polar surface area (TPSA) is 70.4 Å². The van der Waals surface area contributed by atoms with Crippen LogP contribution < -0.4 is 5.32 Å². The Hall–Kier alpha value is -1.40. The molecule has 136 valence electrons. The molecule has 1 aliphatic heterocycles. The van der Waals surface area contributed by atoms with E-state index in [0.29, 0.717) is 6.54 Å². The zero-order valence-corrected chi connectivity index (χ0v) is 15.7. The lowest BCUT2D eigenvalue weighted by atomic mass is 9.96. The summed E-state index contributed by atoms with van der Waals surface area (Å²) in [6, 6.07) is 1.99. The smallest absolute Gasteiger partial charge is 0.239 e. The Labute approximate surface area is 145 Å². The van der Waals surface area contributed by atoms with Crippen LogP contribution in [-0.4, -0.2) is 50.9 Å². The summed E-state index contributed by atoms with van der Waals surface area (Å²) >= 11 is 0. The third-order valence-corrected chi connectivity index (χ3v) is 4.61. The number of nitrogens with zero attached hydrogens (tertiary/aromatic N) is 3. The van der Waals surface area contributed by atoms with Crippen LogP contribution in [0.25, 0.3) is 0 Å². The summed E-state index contributed by atoms with van der Waals surface area (Å²) in [5.74, 6) is 0.685. The minimum Gasteiger partial charge on any atom is -0.392 e. The lowest BCUT2D eigenvalue weighted by Gasteiger charge is -2.37. The molecule has 0 aromatic carbocycles. The van der Waals surface area contributed by atoms with Crippen molar-refractivity contribution in [3.8, 4) is 0 Å². The Morgan fingerprint density at radius 2 is 2.17 bits per heavy atom. The number of aryl methyl sites for hydroxylation is 1. The van der Waals surface area contributed by atoms with Gasteiger partial charge in [-0.1, -0.05) is 13.3 Å². The number of hydrogen-bond acceptors (Lipinski definition) is 4. The number of carbonyl (C=O) groups excluding carboxylic acids is 1. The van der Waals surface area contributed by atoms with Crippen molar-refractivity contribution in [2.24, 2.45) is 0 Å². The fourth-order valence-electron chi connectivity index (χ4n) is 3.39. The molecule has 24 heavy (non-hydrogen) atoms. The standard InChI is InChI=1S/C18H32N4O2/c1-6-15(23)14-9-7-8-10-21(14)12-17(24)19-16-11-13(2)20-22(16)18(3,4)5/h11,14-15,23H,6-10,12H2,1-5H3,(H,19,24). The van der Waals surface area contributed by atoms with E-state index in [2.05, 4.69) is 36.1 Å². The summed E-state index contributed by atoms with van der Waals surface area (Å²) in [6.07, 6.45) is 3.52. The molecule has 0 bridgehead atoms. The van der Waals surface area contributed by atoms with Gasteiger partial charge in [0.2, 0.25) is 5.91 Å². The highest BCUT2D eigenvalue weighted by Gasteiger charge is 2.29. The minimum atomic E-state index is -0.361. The van der Waals surface area contributed by atoms with Gasteiger partial charge in [-0.25, -0.2) is 4.68 Å². The van der Waals surface area contributed by atoms with Crippen molar-refractivity contribution in [2.45, 2.75) is 78.0 Å². The maximum atomic E-state index is 12.6. The maximum absolute atomic E-state index is 12.6. The molecule has 2 N–H and O–H groups in total. The van der Waals surface area contributed by atoms with Crippen LogP contribution >= 0.6 is 0 Å². The minimum absolute atomic E-state index is 0.0457. The fourth-order valence-corrected chi connectivity index (χ4v) is 3.39. The van der Waals surface area contributed by atoms with Crippen molar-refractivity contribution in [2.75, 3.05) is 18.4 Å². The second kappa shape index (κ2) is 7.66. The second-order valence-corrected chi connectivity index (χ2v) is 7.81. The zero-order valence-electron chi connectivity index (χ0n) is 15.7. The van der Waals surface area contributed by atoms with Gasteiger partial charge in [-0.05, 0) is 53.5 Å². The molecule has 6 nitrogen and oxygen atoms in total. The fraction of sp³-hybridized carbons (Fsp3) is 0.778. The summed E-state index contributed by atoms with van der Waals surface area (Å²) in [6.45, 7) is 11.3. The van der Waals surface area contributed by atoms with Crippen LogP contribution in [0.4, 0.5) is 5.82 Å². The molecule has 6 heteroatoms. The quantitative estimate of drug-likeness (QED) is 0.867. The van der Waals surface area contributed by atoms with Crippen LogP contribution in [0.1, 0.15) is 59.1 Å². The van der Waals surface area contributed by atoms with Crippen molar-refractivity contribution in [1.82, 2.24) is 14.7 Å². The Kier molecular flexibility index (Phi) is 6.04. The highest BCUT2D eigenvalue weighted by molar-refractivity contribution is 5.91. The highest BCUT2D eigenvalue weighted by Crippen LogP contribution is 2.23. The number of amides is 1. The Bertz CT molecular complexity index is 562. The van der Waals surface area contributed by atoms with Gasteiger partial charge in [0.1, 0.15) is 5.82 Å². The zero-order chi connectivity index (χ0) is 17.9. The number of nitrogens with one attached hydrogen (secondary N) is 1. The van der Waals surface area contributed by atoms with Gasteiger partial charge in [0.05, 0.1) is 23.9 Å². The molecule has 0 saturated carbocycles. The van der Waals surface area contributed by atoms with Crippen LogP contribution in [0.5, 0.6) is 0 Å². The monoisotopic (exact) mass is 336 g/mol. The number of likely N-dealkylation sites (tertiary alicyclic amines) is 1. The molecular formula is C18H32N4O2. The number of carbonyl (C=O) groups is 1. The van der Waals surface area contributed by atoms with Crippen molar-refractivity contribution in [3.63, 3.8) is 0 Å². The average molecular weight is 336 g/mol. The van der Waals surface area contributed by atoms with E-state index in [-0.39, 0.29) is 23.6 Å². The number of rotatable bonds is 5. The van der Waals surface area contributed by atoms with E-state index < -0.39 is 0 Å². The van der Waals surface area contributed by atoms with E-state index in [0.717, 1.165) is 43.7 Å². The van der Waals surface area contributed by atoms with E-state index in [1.807, 2.05) is 24.6 Å². The Morgan fingerprint density at radius 1 is 1.46 bits per heavy atom. The molecule has 0 radical (unpaired) electrons. The SMILES string of the molecule is CCC(O)C1CCCCN1CC(=O)Nc1cc(C)nn1C(C)(C)C. The predicted molar refractivity (Wildman–Crippen MR) is 96.1 cm³/mol. The van der Waals surface area contributed by atoms with Gasteiger partial charge in [-0.3, -0.25) is 9.69 Å². The molecule has 2 atom stereocenters. The largest absolute Gasteiger partial charge is 0.392 e. The van der Waals surface area contributed by atoms with Crippen molar-refractivity contribution >= 4 is 11.7 Å². The van der Waals surface area contributed by atoms with E-state index in [4.69, 9.17) is 0 Å². The number of hydrogen-bond donors (Lipinski definition) is 2. The van der Waals surface area contributed by atoms with Gasteiger partial charge >= 0.3 is 0 Å². The number of aliphatic hydroxyl groups excluding tert-OH is 1. The molecule has 2 unspecified atom stereocenters. The van der Waals surface area contributed by atoms with E-state index in [9.17, 15) is 9.90 Å². The predicted octanol–water partition coefficient (Wildman–Crippen LogP) is 2.51. The van der Waals surface area contributed by atoms with Crippen LogP contribution in [-0.2, 0) is 10.3 Å². The molecule has 1 fully saturated rings. The van der Waals surface area contributed by atoms with Gasteiger partial charge in [-0.15, -0.1) is 0 Å². The number of piperidine rings is 1. The normalized spacial score (nSPS) is 20.8. The molecule has 1 saturated heterocycles. The first kappa shape index (κ1) is 18.9. The van der Waals surface area contributed by atoms with Gasteiger partial charge < -0.3 is 10.4 Å². The molecule has 1 aliphatic rings. The summed E-state index contributed by atoms with van der Waals surface area (Å²) in [7, 11) is 0. The molecular weight excluding hydrogens is 304 g/mol. The third-order valence-electron chi connectivity index (χ3n) is 4.61. The van der Waals surface area contributed by atoms with Crippen molar-refractivity contribution < 1.29 is 9.90 Å². The van der Waals surface area contributed by atoms with Gasteiger partial charge in [0.25, 0.3) is 0 Å². The van der Waals surface area contributed by atoms with Gasteiger partial charge in [0, 0.05) is 12.1 Å². The summed E-state index contributed by atoms with van der Waals surface area (Å²) in [4.78, 5) is 14.7. The van der Waals surface area contributed by atoms with E-state index in [1.165, 1.54) is 0 Å². The van der Waals surface area contributed by atoms with Crippen LogP contribution in [0, 0.1) is 6.92 Å². The van der Waals surface area contributed by atoms with Crippen LogP contribution in [0.3, 0.4) is 0 Å². The first-order valence-electron chi connectivity index (χ1n) is 9.01. The molecule has 2 rings (SSSR count). The van der Waals surface area contributed by atoms with E-state index >= 15 is 0 Å². The average Bonchev–Trinajstić information content (AvgIpc) is 2.87. The molecule has 1 aromatic rings. The molecule has 1 amide bonds. The number of anilines is 1. The van der Waals surface area contributed by atoms with Crippen LogP contribution in [0.2, 0.25) is 0 Å². The molecule has 0 aliphatic carbocycles. The van der Waals surface area contributed by atoms with Crippen LogP contribution in [0.15, 0.2) is 6.07 Å². The summed E-state index contributed by atoms with van der Waals surface area (Å²) < 4.78 is 1.86. The van der Waals surface area contributed by atoms with E-state index in [1.54, 1.807) is 0 Å². The lowest BCUT2D eigenvalue weighted by Crippen LogP contribution is -2.49. The summed E-state index contributed by atoms with van der Waals surface area (Å²) in [5, 5.41) is 17.7. The number of aliphatic hydroxyl groups is 1. The summed E-state index contributed by atoms with van der Waals surface area (Å²) in [5.41, 5.74) is 0.695. The van der Waals surface area contributed by atoms with Crippen molar-refractivity contribution in [3.05, 3.63) is 11.8 Å². The molecule has 1 aromatic heterocycles. The highest BCUT2D eigenvalue weighted by atomic mass is 16.3. The lowest BCUT2D eigenvalue weighted by molar-refractivity contribution is -0.119. The second-order valence-electron chi connectivity index (χ2n) is 7.81.